The summed E-state index contributed by atoms with van der Waals surface area (Å²) < 4.78 is 17.3. The maximum atomic E-state index is 14.9. The van der Waals surface area contributed by atoms with E-state index in [1.54, 1.807) is 36.4 Å². The van der Waals surface area contributed by atoms with Crippen LogP contribution in [0.4, 0.5) is 0 Å². The van der Waals surface area contributed by atoms with Gasteiger partial charge in [-0.15, -0.1) is 0 Å². The number of phenolic OH excluding ortho intramolecular Hbond substituents is 1. The number of phenols is 1. The number of aliphatic hydroxyl groups is 6. The molecule has 1 heterocycles. The van der Waals surface area contributed by atoms with Gasteiger partial charge in [-0.25, -0.2) is 0 Å². The highest BCUT2D eigenvalue weighted by Crippen LogP contribution is 2.45. The highest BCUT2D eigenvalue weighted by molar-refractivity contribution is 6.31. The first-order valence-electron chi connectivity index (χ1n) is 19.6. The van der Waals surface area contributed by atoms with Gasteiger partial charge in [0.15, 0.2) is 17.9 Å². The molecule has 61 heavy (non-hydrogen) atoms. The number of aromatic hydroxyl groups is 1. The summed E-state index contributed by atoms with van der Waals surface area (Å²) in [6, 6.07) is 14.1. The fraction of sp³-hybridized carbons (Fsp3) is 0.333. The van der Waals surface area contributed by atoms with Crippen LogP contribution in [0.1, 0.15) is 114 Å². The summed E-state index contributed by atoms with van der Waals surface area (Å²) in [6.45, 7) is 1.71. The second-order valence-electron chi connectivity index (χ2n) is 15.1. The number of aldehydes is 1. The predicted molar refractivity (Wildman–Crippen MR) is 219 cm³/mol. The minimum absolute atomic E-state index is 0.0200. The molecule has 16 heteroatoms. The van der Waals surface area contributed by atoms with Gasteiger partial charge in [-0.1, -0.05) is 48.5 Å². The molecular formula is C45H48N2O14. The zero-order chi connectivity index (χ0) is 44.3. The maximum absolute atomic E-state index is 14.9. The van der Waals surface area contributed by atoms with Crippen LogP contribution in [0, 0.1) is 0 Å². The lowest BCUT2D eigenvalue weighted by molar-refractivity contribution is -0.268. The Hall–Kier alpha value is -5.66. The number of hydrogen-bond donors (Lipinski definition) is 9. The molecule has 1 aliphatic carbocycles. The number of nitrogens with two attached hydrogens (primary N) is 2. The Balaban J connectivity index is 1.54. The van der Waals surface area contributed by atoms with E-state index in [4.69, 9.17) is 30.8 Å². The van der Waals surface area contributed by atoms with Crippen molar-refractivity contribution in [3.05, 3.63) is 121 Å². The Morgan fingerprint density at radius 1 is 0.885 bits per heavy atom. The van der Waals surface area contributed by atoms with E-state index in [9.17, 15) is 49.8 Å². The van der Waals surface area contributed by atoms with Gasteiger partial charge in [0.05, 0.1) is 30.5 Å². The number of esters is 1. The van der Waals surface area contributed by atoms with Gasteiger partial charge in [0, 0.05) is 53.3 Å². The quantitative estimate of drug-likeness (QED) is 0.0239. The Labute approximate surface area is 350 Å². The van der Waals surface area contributed by atoms with Crippen molar-refractivity contribution in [2.24, 2.45) is 11.5 Å². The molecule has 0 aromatic heterocycles. The molecule has 0 bridgehead atoms. The van der Waals surface area contributed by atoms with Gasteiger partial charge in [-0.05, 0) is 72.2 Å². The van der Waals surface area contributed by atoms with E-state index in [1.165, 1.54) is 25.1 Å². The lowest BCUT2D eigenvalue weighted by Crippen LogP contribution is -2.58. The average molecular weight is 841 g/mol. The highest BCUT2D eigenvalue weighted by Gasteiger charge is 2.45. The van der Waals surface area contributed by atoms with Gasteiger partial charge < -0.3 is 61.4 Å². The number of benzene rings is 4. The van der Waals surface area contributed by atoms with Crippen LogP contribution in [-0.4, -0.2) is 103 Å². The highest BCUT2D eigenvalue weighted by atomic mass is 16.7. The summed E-state index contributed by atoms with van der Waals surface area (Å²) in [7, 11) is 0. The van der Waals surface area contributed by atoms with Crippen molar-refractivity contribution in [1.29, 1.82) is 0 Å². The minimum Gasteiger partial charge on any atom is -0.507 e. The minimum atomic E-state index is -1.84. The third-order valence-corrected chi connectivity index (χ3v) is 10.8. The fourth-order valence-electron chi connectivity index (χ4n) is 7.73. The molecule has 0 amide bonds. The van der Waals surface area contributed by atoms with E-state index in [-0.39, 0.29) is 69.0 Å². The zero-order valence-electron chi connectivity index (χ0n) is 33.4. The predicted octanol–water partition coefficient (Wildman–Crippen LogP) is 1.96. The third kappa shape index (κ3) is 9.18. The molecule has 16 nitrogen and oxygen atoms in total. The van der Waals surface area contributed by atoms with Crippen LogP contribution in [-0.2, 0) is 29.0 Å². The van der Waals surface area contributed by atoms with Crippen molar-refractivity contribution in [2.75, 3.05) is 6.61 Å². The molecule has 0 saturated carbocycles. The number of aliphatic hydroxyl groups excluding tert-OH is 6. The van der Waals surface area contributed by atoms with Crippen LogP contribution in [0.25, 0.3) is 12.2 Å². The van der Waals surface area contributed by atoms with E-state index in [2.05, 4.69) is 0 Å². The summed E-state index contributed by atoms with van der Waals surface area (Å²) >= 11 is 0. The van der Waals surface area contributed by atoms with Crippen molar-refractivity contribution in [2.45, 2.75) is 89.1 Å². The van der Waals surface area contributed by atoms with Crippen LogP contribution in [0.5, 0.6) is 17.2 Å². The van der Waals surface area contributed by atoms with Crippen LogP contribution in [0.2, 0.25) is 0 Å². The lowest BCUT2D eigenvalue weighted by atomic mass is 9.77. The average Bonchev–Trinajstić information content (AvgIpc) is 3.23. The fourth-order valence-corrected chi connectivity index (χ4v) is 7.73. The number of ether oxygens (including phenoxy) is 3. The first-order chi connectivity index (χ1) is 29.1. The van der Waals surface area contributed by atoms with E-state index < -0.39 is 84.0 Å². The molecule has 2 aliphatic rings. The largest absolute Gasteiger partial charge is 0.507 e. The lowest BCUT2D eigenvalue weighted by Gasteiger charge is -2.39. The molecular weight excluding hydrogens is 792 g/mol. The molecule has 6 rings (SSSR count). The Kier molecular flexibility index (Phi) is 13.9. The number of carbonyl (C=O) groups excluding carboxylic acids is 4. The Morgan fingerprint density at radius 2 is 1.62 bits per heavy atom. The second-order valence-corrected chi connectivity index (χ2v) is 15.1. The van der Waals surface area contributed by atoms with Crippen molar-refractivity contribution in [3.63, 3.8) is 0 Å². The molecule has 0 spiro atoms. The molecule has 0 unspecified atom stereocenters. The summed E-state index contributed by atoms with van der Waals surface area (Å²) in [6.07, 6.45) is -5.21. The molecule has 1 saturated heterocycles. The van der Waals surface area contributed by atoms with Gasteiger partial charge >= 0.3 is 5.97 Å². The standard InChI is InChI=1S/C45H48N2O14/c1-21-38(53)42(57)43(58)45(59-21)61-34-18-31-37(39(54)30(34)16-25-8-4-10-28(44(46)47)32(25)20-50)41(56)35-26(19-49)17-33(60-22(2)51)29(36(35)40(31)55)12-11-23-6-3-7-24(14-23)15-27(52)9-5-13-48/h3-4,6-8,10-12,14,17-18,20-21,27,38,42-45,48-49,52-54,57-58H,5,9,13,15-16,19,46-47H2,1-2H3/t21-,27-,38-,42-,43-,45-/m1/s1. The number of hydrogen-bond acceptors (Lipinski definition) is 16. The van der Waals surface area contributed by atoms with Gasteiger partial charge in [0.25, 0.3) is 0 Å². The molecule has 322 valence electrons. The Bertz CT molecular complexity index is 2380. The molecule has 4 aromatic rings. The van der Waals surface area contributed by atoms with Gasteiger partial charge in [0.1, 0.15) is 35.6 Å². The molecule has 1 fully saturated rings. The first-order valence-corrected chi connectivity index (χ1v) is 19.6. The van der Waals surface area contributed by atoms with Gasteiger partial charge in [-0.2, -0.15) is 0 Å². The van der Waals surface area contributed by atoms with Crippen molar-refractivity contribution in [1.82, 2.24) is 0 Å². The van der Waals surface area contributed by atoms with Gasteiger partial charge in [-0.3, -0.25) is 19.2 Å². The van der Waals surface area contributed by atoms with Crippen LogP contribution in [0.3, 0.4) is 0 Å². The Morgan fingerprint density at radius 3 is 2.30 bits per heavy atom. The maximum Gasteiger partial charge on any atom is 0.308 e. The third-order valence-electron chi connectivity index (χ3n) is 10.8. The molecule has 11 N–H and O–H groups in total. The van der Waals surface area contributed by atoms with E-state index in [0.29, 0.717) is 31.1 Å². The monoisotopic (exact) mass is 840 g/mol. The number of ketones is 2. The van der Waals surface area contributed by atoms with Crippen LogP contribution < -0.4 is 20.9 Å². The first kappa shape index (κ1) is 44.9. The normalized spacial score (nSPS) is 20.4. The molecule has 6 atom stereocenters. The smallest absolute Gasteiger partial charge is 0.308 e. The van der Waals surface area contributed by atoms with E-state index >= 15 is 0 Å². The van der Waals surface area contributed by atoms with Gasteiger partial charge in [0.2, 0.25) is 6.29 Å². The topological polar surface area (TPSA) is 290 Å². The summed E-state index contributed by atoms with van der Waals surface area (Å²) in [5, 5.41) is 74.1. The van der Waals surface area contributed by atoms with Crippen molar-refractivity contribution in [3.8, 4) is 17.2 Å². The van der Waals surface area contributed by atoms with Crippen molar-refractivity contribution >= 4 is 36.0 Å². The number of carbonyl (C=O) groups is 4. The van der Waals surface area contributed by atoms with E-state index in [0.717, 1.165) is 18.6 Å². The van der Waals surface area contributed by atoms with E-state index in [1.807, 2.05) is 6.07 Å². The zero-order valence-corrected chi connectivity index (χ0v) is 33.4. The molecule has 4 aromatic carbocycles. The molecule has 1 aliphatic heterocycles. The van der Waals surface area contributed by atoms with Crippen molar-refractivity contribution < 1.29 is 69.1 Å². The molecule has 0 radical (unpaired) electrons. The summed E-state index contributed by atoms with van der Waals surface area (Å²) in [5.74, 6) is -3.75. The number of fused-ring (bicyclic) bond motifs is 2. The van der Waals surface area contributed by atoms with Crippen LogP contribution >= 0.6 is 0 Å². The summed E-state index contributed by atoms with van der Waals surface area (Å²) in [4.78, 5) is 54.4. The van der Waals surface area contributed by atoms with Crippen LogP contribution in [0.15, 0.2) is 54.6 Å². The SMILES string of the molecule is CC(=O)Oc1cc(CO)c2c(c1C=Cc1cccc(C[C@H](O)CCCO)c1)C(=O)c1cc(O[C@H]3O[C@H](C)[C@@H](O)[C@@H](O)[C@H]3O)c(Cc3cccc(C(N)N)c3C=O)c(O)c1C2=O. The summed E-state index contributed by atoms with van der Waals surface area (Å²) in [5.41, 5.74) is 12.2. The number of rotatable bonds is 15. The second kappa shape index (κ2) is 18.9.